The number of hydrogen-bond acceptors (Lipinski definition) is 4. The predicted octanol–water partition coefficient (Wildman–Crippen LogP) is 1.73. The van der Waals surface area contributed by atoms with Crippen LogP contribution < -0.4 is 0 Å². The van der Waals surface area contributed by atoms with Crippen LogP contribution in [-0.4, -0.2) is 18.0 Å². The smallest absolute Gasteiger partial charge is 0.280 e. The number of nitriles is 1. The fourth-order valence-corrected chi connectivity index (χ4v) is 2.18. The van der Waals surface area contributed by atoms with E-state index < -0.39 is 9.05 Å². The molecule has 0 fully saturated rings. The van der Waals surface area contributed by atoms with E-state index in [-0.39, 0.29) is 5.03 Å². The largest absolute Gasteiger partial charge is 0.332 e. The van der Waals surface area contributed by atoms with E-state index in [1.54, 1.807) is 22.8 Å². The van der Waals surface area contributed by atoms with E-state index in [0.29, 0.717) is 12.1 Å². The van der Waals surface area contributed by atoms with E-state index >= 15 is 0 Å². The molecule has 92 valence electrons. The molecule has 0 spiro atoms. The van der Waals surface area contributed by atoms with Gasteiger partial charge in [0, 0.05) is 23.4 Å². The zero-order chi connectivity index (χ0) is 13.2. The minimum Gasteiger partial charge on any atom is -0.332 e. The molecule has 0 aliphatic carbocycles. The van der Waals surface area contributed by atoms with E-state index in [1.807, 2.05) is 12.1 Å². The molecule has 0 radical (unpaired) electrons. The van der Waals surface area contributed by atoms with Crippen LogP contribution in [0.15, 0.2) is 41.8 Å². The molecule has 7 heteroatoms. The van der Waals surface area contributed by atoms with Crippen LogP contribution >= 0.6 is 10.7 Å². The van der Waals surface area contributed by atoms with Crippen molar-refractivity contribution >= 4 is 19.7 Å². The van der Waals surface area contributed by atoms with Crippen molar-refractivity contribution in [3.63, 3.8) is 0 Å². The number of halogens is 1. The van der Waals surface area contributed by atoms with Gasteiger partial charge in [0.05, 0.1) is 18.0 Å². The molecule has 0 bridgehead atoms. The zero-order valence-corrected chi connectivity index (χ0v) is 10.7. The Kier molecular flexibility index (Phi) is 3.36. The first-order valence-corrected chi connectivity index (χ1v) is 7.25. The molecule has 0 unspecified atom stereocenters. The number of rotatable bonds is 3. The average molecular weight is 282 g/mol. The average Bonchev–Trinajstić information content (AvgIpc) is 2.77. The number of imidazole rings is 1. The Morgan fingerprint density at radius 1 is 1.44 bits per heavy atom. The molecule has 2 aromatic rings. The highest BCUT2D eigenvalue weighted by atomic mass is 35.7. The van der Waals surface area contributed by atoms with E-state index in [1.165, 1.54) is 12.5 Å². The first-order valence-electron chi connectivity index (χ1n) is 4.94. The molecule has 0 N–H and O–H groups in total. The van der Waals surface area contributed by atoms with Gasteiger partial charge in [0.1, 0.15) is 0 Å². The van der Waals surface area contributed by atoms with Crippen LogP contribution in [0.3, 0.4) is 0 Å². The third-order valence-corrected chi connectivity index (χ3v) is 3.47. The molecule has 0 saturated carbocycles. The molecule has 1 aromatic carbocycles. The van der Waals surface area contributed by atoms with E-state index in [2.05, 4.69) is 4.98 Å². The molecule has 0 aliphatic rings. The second kappa shape index (κ2) is 4.80. The Morgan fingerprint density at radius 3 is 2.83 bits per heavy atom. The van der Waals surface area contributed by atoms with Gasteiger partial charge < -0.3 is 4.57 Å². The molecule has 2 rings (SSSR count). The van der Waals surface area contributed by atoms with Crippen molar-refractivity contribution in [3.05, 3.63) is 47.9 Å². The van der Waals surface area contributed by atoms with Crippen molar-refractivity contribution in [2.45, 2.75) is 11.6 Å². The Hall–Kier alpha value is -1.84. The summed E-state index contributed by atoms with van der Waals surface area (Å²) in [5, 5.41) is 8.59. The van der Waals surface area contributed by atoms with Gasteiger partial charge in [-0.15, -0.1) is 0 Å². The lowest BCUT2D eigenvalue weighted by atomic mass is 10.1. The summed E-state index contributed by atoms with van der Waals surface area (Å²) in [6, 6.07) is 9.08. The van der Waals surface area contributed by atoms with Crippen LogP contribution in [0.2, 0.25) is 0 Å². The van der Waals surface area contributed by atoms with Crippen molar-refractivity contribution < 1.29 is 8.42 Å². The summed E-state index contributed by atoms with van der Waals surface area (Å²) >= 11 is 0. The second-order valence-electron chi connectivity index (χ2n) is 3.63. The fraction of sp³-hybridized carbons (Fsp3) is 0.0909. The van der Waals surface area contributed by atoms with Crippen LogP contribution in [0, 0.1) is 11.3 Å². The fourth-order valence-electron chi connectivity index (χ4n) is 1.50. The van der Waals surface area contributed by atoms with E-state index in [9.17, 15) is 8.42 Å². The highest BCUT2D eigenvalue weighted by Gasteiger charge is 2.13. The van der Waals surface area contributed by atoms with Crippen LogP contribution in [-0.2, 0) is 15.6 Å². The molecule has 0 amide bonds. The minimum atomic E-state index is -3.80. The summed E-state index contributed by atoms with van der Waals surface area (Å²) in [5.74, 6) is 0. The summed E-state index contributed by atoms with van der Waals surface area (Å²) in [7, 11) is 1.38. The lowest BCUT2D eigenvalue weighted by molar-refractivity contribution is 0.606. The van der Waals surface area contributed by atoms with Gasteiger partial charge in [-0.05, 0) is 17.7 Å². The SMILES string of the molecule is N#Cc1cccc(Cn2cnc(S(=O)(=O)Cl)c2)c1. The highest BCUT2D eigenvalue weighted by molar-refractivity contribution is 8.13. The topological polar surface area (TPSA) is 75.8 Å². The monoisotopic (exact) mass is 281 g/mol. The molecule has 0 saturated heterocycles. The summed E-state index contributed by atoms with van der Waals surface area (Å²) in [6.45, 7) is 0.426. The molecule has 18 heavy (non-hydrogen) atoms. The maximum absolute atomic E-state index is 11.0. The lowest BCUT2D eigenvalue weighted by Gasteiger charge is -2.02. The van der Waals surface area contributed by atoms with Gasteiger partial charge in [0.25, 0.3) is 9.05 Å². The standard InChI is InChI=1S/C11H8ClN3O2S/c12-18(16,17)11-7-15(8-14-11)6-10-3-1-2-9(4-10)5-13/h1-4,7-8H,6H2. The molecule has 0 atom stereocenters. The Balaban J connectivity index is 2.24. The number of hydrogen-bond donors (Lipinski definition) is 0. The molecule has 1 heterocycles. The van der Waals surface area contributed by atoms with Crippen LogP contribution in [0.1, 0.15) is 11.1 Å². The molecule has 0 aliphatic heterocycles. The summed E-state index contributed by atoms with van der Waals surface area (Å²) in [4.78, 5) is 3.70. The maximum Gasteiger partial charge on any atom is 0.280 e. The highest BCUT2D eigenvalue weighted by Crippen LogP contribution is 2.13. The van der Waals surface area contributed by atoms with Crippen LogP contribution in [0.5, 0.6) is 0 Å². The van der Waals surface area contributed by atoms with Gasteiger partial charge in [-0.1, -0.05) is 12.1 Å². The number of benzene rings is 1. The maximum atomic E-state index is 11.0. The van der Waals surface area contributed by atoms with Gasteiger partial charge in [-0.2, -0.15) is 5.26 Å². The van der Waals surface area contributed by atoms with E-state index in [0.717, 1.165) is 5.56 Å². The summed E-state index contributed by atoms with van der Waals surface area (Å²) in [5.41, 5.74) is 1.43. The summed E-state index contributed by atoms with van der Waals surface area (Å²) in [6.07, 6.45) is 2.73. The Morgan fingerprint density at radius 2 is 2.22 bits per heavy atom. The van der Waals surface area contributed by atoms with Crippen molar-refractivity contribution in [1.82, 2.24) is 9.55 Å². The van der Waals surface area contributed by atoms with Gasteiger partial charge in [-0.3, -0.25) is 0 Å². The molecule has 5 nitrogen and oxygen atoms in total. The van der Waals surface area contributed by atoms with E-state index in [4.69, 9.17) is 15.9 Å². The van der Waals surface area contributed by atoms with Gasteiger partial charge >= 0.3 is 0 Å². The Labute approximate surface area is 109 Å². The number of aromatic nitrogens is 2. The second-order valence-corrected chi connectivity index (χ2v) is 6.15. The van der Waals surface area contributed by atoms with Crippen LogP contribution in [0.4, 0.5) is 0 Å². The van der Waals surface area contributed by atoms with Crippen LogP contribution in [0.25, 0.3) is 0 Å². The lowest BCUT2D eigenvalue weighted by Crippen LogP contribution is -1.97. The normalized spacial score (nSPS) is 11.1. The first-order chi connectivity index (χ1) is 8.49. The third-order valence-electron chi connectivity index (χ3n) is 2.28. The number of nitrogens with zero attached hydrogens (tertiary/aromatic N) is 3. The minimum absolute atomic E-state index is 0.180. The van der Waals surface area contributed by atoms with Crippen molar-refractivity contribution in [2.24, 2.45) is 0 Å². The van der Waals surface area contributed by atoms with Gasteiger partial charge in [-0.25, -0.2) is 13.4 Å². The Bertz CT molecular complexity index is 716. The van der Waals surface area contributed by atoms with Crippen molar-refractivity contribution in [3.8, 4) is 6.07 Å². The zero-order valence-electron chi connectivity index (χ0n) is 9.12. The first kappa shape index (κ1) is 12.6. The summed E-state index contributed by atoms with van der Waals surface area (Å²) < 4.78 is 23.7. The van der Waals surface area contributed by atoms with Gasteiger partial charge in [0.2, 0.25) is 0 Å². The predicted molar refractivity (Wildman–Crippen MR) is 65.5 cm³/mol. The quantitative estimate of drug-likeness (QED) is 0.803. The molecular weight excluding hydrogens is 274 g/mol. The molecule has 1 aromatic heterocycles. The van der Waals surface area contributed by atoms with Crippen molar-refractivity contribution in [1.29, 1.82) is 5.26 Å². The van der Waals surface area contributed by atoms with Gasteiger partial charge in [0.15, 0.2) is 5.03 Å². The van der Waals surface area contributed by atoms with Crippen molar-refractivity contribution in [2.75, 3.05) is 0 Å². The molecular formula is C11H8ClN3O2S. The third kappa shape index (κ3) is 2.88.